The molecule has 1 aliphatic rings. The predicted molar refractivity (Wildman–Crippen MR) is 128 cm³/mol. The number of benzene rings is 1. The van der Waals surface area contributed by atoms with Gasteiger partial charge in [0.2, 0.25) is 5.91 Å². The number of carbonyl (C=O) groups is 1. The summed E-state index contributed by atoms with van der Waals surface area (Å²) in [5.41, 5.74) is 5.28. The molecule has 1 aliphatic heterocycles. The number of aryl methyl sites for hydroxylation is 2. The molecule has 0 fully saturated rings. The number of aromatic nitrogens is 6. The minimum Gasteiger partial charge on any atom is -0.325 e. The molecule has 5 rings (SSSR count). The summed E-state index contributed by atoms with van der Waals surface area (Å²) >= 11 is 0. The molecule has 0 saturated heterocycles. The third kappa shape index (κ3) is 3.37. The third-order valence-electron chi connectivity index (χ3n) is 6.34. The summed E-state index contributed by atoms with van der Waals surface area (Å²) in [5.74, 6) is 1.91. The van der Waals surface area contributed by atoms with Crippen molar-refractivity contribution in [3.63, 3.8) is 0 Å². The Morgan fingerprint density at radius 2 is 1.85 bits per heavy atom. The average molecular weight is 442 g/mol. The van der Waals surface area contributed by atoms with Crippen LogP contribution in [0.4, 0.5) is 5.69 Å². The van der Waals surface area contributed by atoms with E-state index in [4.69, 9.17) is 4.98 Å². The van der Waals surface area contributed by atoms with E-state index >= 15 is 0 Å². The van der Waals surface area contributed by atoms with Crippen LogP contribution in [0, 0.1) is 12.8 Å². The molecule has 0 aliphatic carbocycles. The standard InChI is InChI=1S/C25H27N7O/c1-6-32-22(17-11-26-15(4)27-12-17)31-21-20(28-13-29-23(21)32)16-7-8-19-18(9-16)25(5,10-14(2)3)24(33)30-19/h7-9,11-14H,6,10H2,1-5H3,(H,30,33). The zero-order chi connectivity index (χ0) is 23.3. The fourth-order valence-corrected chi connectivity index (χ4v) is 4.83. The lowest BCUT2D eigenvalue weighted by Gasteiger charge is -2.24. The van der Waals surface area contributed by atoms with Crippen molar-refractivity contribution in [2.24, 2.45) is 5.92 Å². The highest BCUT2D eigenvalue weighted by Crippen LogP contribution is 2.44. The van der Waals surface area contributed by atoms with Gasteiger partial charge in [-0.15, -0.1) is 0 Å². The molecule has 1 N–H and O–H groups in total. The number of nitrogens with zero attached hydrogens (tertiary/aromatic N) is 6. The van der Waals surface area contributed by atoms with E-state index in [9.17, 15) is 4.79 Å². The summed E-state index contributed by atoms with van der Waals surface area (Å²) in [6.07, 6.45) is 5.92. The Morgan fingerprint density at radius 1 is 1.09 bits per heavy atom. The van der Waals surface area contributed by atoms with Crippen molar-refractivity contribution >= 4 is 22.8 Å². The molecule has 1 aromatic carbocycles. The monoisotopic (exact) mass is 441 g/mol. The largest absolute Gasteiger partial charge is 0.325 e. The summed E-state index contributed by atoms with van der Waals surface area (Å²) in [7, 11) is 0. The topological polar surface area (TPSA) is 98.5 Å². The van der Waals surface area contributed by atoms with Gasteiger partial charge in [-0.2, -0.15) is 0 Å². The van der Waals surface area contributed by atoms with E-state index in [0.717, 1.165) is 51.5 Å². The normalized spacial score (nSPS) is 17.6. The lowest BCUT2D eigenvalue weighted by Crippen LogP contribution is -2.32. The molecule has 168 valence electrons. The molecule has 0 spiro atoms. The maximum Gasteiger partial charge on any atom is 0.234 e. The molecule has 4 heterocycles. The SMILES string of the molecule is CCn1c(-c2cnc(C)nc2)nc2c(-c3ccc4c(c3)C(C)(CC(C)C)C(=O)N4)ncnc21. The van der Waals surface area contributed by atoms with Crippen LogP contribution in [0.3, 0.4) is 0 Å². The van der Waals surface area contributed by atoms with Gasteiger partial charge in [0.15, 0.2) is 5.65 Å². The minimum absolute atomic E-state index is 0.0492. The summed E-state index contributed by atoms with van der Waals surface area (Å²) in [6.45, 7) is 10.9. The number of hydrogen-bond donors (Lipinski definition) is 1. The van der Waals surface area contributed by atoms with E-state index in [2.05, 4.69) is 56.7 Å². The van der Waals surface area contributed by atoms with Crippen LogP contribution in [0.1, 0.15) is 45.5 Å². The number of carbonyl (C=O) groups excluding carboxylic acids is 1. The Morgan fingerprint density at radius 3 is 2.55 bits per heavy atom. The van der Waals surface area contributed by atoms with Crippen LogP contribution in [0.25, 0.3) is 33.8 Å². The van der Waals surface area contributed by atoms with Crippen molar-refractivity contribution in [3.8, 4) is 22.6 Å². The van der Waals surface area contributed by atoms with E-state index in [-0.39, 0.29) is 5.91 Å². The molecule has 4 aromatic rings. The first kappa shape index (κ1) is 21.2. The van der Waals surface area contributed by atoms with Gasteiger partial charge in [-0.3, -0.25) is 4.79 Å². The summed E-state index contributed by atoms with van der Waals surface area (Å²) in [4.78, 5) is 35.6. The molecule has 0 radical (unpaired) electrons. The van der Waals surface area contributed by atoms with E-state index in [1.54, 1.807) is 18.7 Å². The second kappa shape index (κ2) is 7.72. The van der Waals surface area contributed by atoms with Crippen molar-refractivity contribution in [2.75, 3.05) is 5.32 Å². The van der Waals surface area contributed by atoms with Crippen LogP contribution in [-0.4, -0.2) is 35.4 Å². The fourth-order valence-electron chi connectivity index (χ4n) is 4.83. The molecule has 8 nitrogen and oxygen atoms in total. The van der Waals surface area contributed by atoms with Gasteiger partial charge < -0.3 is 9.88 Å². The lowest BCUT2D eigenvalue weighted by atomic mass is 9.76. The molecule has 3 aromatic heterocycles. The van der Waals surface area contributed by atoms with Crippen LogP contribution in [0.5, 0.6) is 0 Å². The Labute approximate surface area is 192 Å². The van der Waals surface area contributed by atoms with Crippen molar-refractivity contribution in [1.82, 2.24) is 29.5 Å². The molecule has 0 bridgehead atoms. The first-order valence-electron chi connectivity index (χ1n) is 11.3. The summed E-state index contributed by atoms with van der Waals surface area (Å²) in [6, 6.07) is 6.03. The molecular weight excluding hydrogens is 414 g/mol. The van der Waals surface area contributed by atoms with Crippen molar-refractivity contribution in [2.45, 2.75) is 53.0 Å². The Hall–Kier alpha value is -3.68. The first-order valence-corrected chi connectivity index (χ1v) is 11.3. The van der Waals surface area contributed by atoms with Gasteiger partial charge in [-0.05, 0) is 50.8 Å². The lowest BCUT2D eigenvalue weighted by molar-refractivity contribution is -0.120. The fraction of sp³-hybridized carbons (Fsp3) is 0.360. The number of rotatable bonds is 5. The summed E-state index contributed by atoms with van der Waals surface area (Å²) < 4.78 is 2.05. The van der Waals surface area contributed by atoms with Crippen molar-refractivity contribution in [3.05, 3.63) is 48.3 Å². The van der Waals surface area contributed by atoms with Crippen LogP contribution in [-0.2, 0) is 16.8 Å². The quantitative estimate of drug-likeness (QED) is 0.488. The molecular formula is C25H27N7O. The van der Waals surface area contributed by atoms with Gasteiger partial charge in [0.25, 0.3) is 0 Å². The molecule has 1 unspecified atom stereocenters. The molecule has 1 amide bonds. The number of anilines is 1. The van der Waals surface area contributed by atoms with Gasteiger partial charge in [0.05, 0.1) is 11.0 Å². The van der Waals surface area contributed by atoms with Gasteiger partial charge in [0, 0.05) is 30.2 Å². The number of imidazole rings is 1. The number of nitrogens with one attached hydrogen (secondary N) is 1. The second-order valence-electron chi connectivity index (χ2n) is 9.24. The van der Waals surface area contributed by atoms with Crippen LogP contribution in [0.2, 0.25) is 0 Å². The maximum absolute atomic E-state index is 12.9. The van der Waals surface area contributed by atoms with E-state index in [1.165, 1.54) is 0 Å². The van der Waals surface area contributed by atoms with Crippen LogP contribution >= 0.6 is 0 Å². The Balaban J connectivity index is 1.68. The van der Waals surface area contributed by atoms with Crippen LogP contribution < -0.4 is 5.32 Å². The van der Waals surface area contributed by atoms with Gasteiger partial charge in [-0.25, -0.2) is 24.9 Å². The van der Waals surface area contributed by atoms with Gasteiger partial charge in [0.1, 0.15) is 29.2 Å². The number of hydrogen-bond acceptors (Lipinski definition) is 6. The van der Waals surface area contributed by atoms with E-state index in [0.29, 0.717) is 18.3 Å². The van der Waals surface area contributed by atoms with Gasteiger partial charge >= 0.3 is 0 Å². The second-order valence-corrected chi connectivity index (χ2v) is 9.24. The zero-order valence-electron chi connectivity index (χ0n) is 19.5. The smallest absolute Gasteiger partial charge is 0.234 e. The highest BCUT2D eigenvalue weighted by molar-refractivity contribution is 6.06. The first-order chi connectivity index (χ1) is 15.8. The maximum atomic E-state index is 12.9. The van der Waals surface area contributed by atoms with Crippen molar-refractivity contribution in [1.29, 1.82) is 0 Å². The van der Waals surface area contributed by atoms with E-state index in [1.807, 2.05) is 26.0 Å². The van der Waals surface area contributed by atoms with Gasteiger partial charge in [-0.1, -0.05) is 19.9 Å². The number of amides is 1. The van der Waals surface area contributed by atoms with Crippen LogP contribution in [0.15, 0.2) is 36.9 Å². The molecule has 0 saturated carbocycles. The minimum atomic E-state index is -0.571. The Kier molecular flexibility index (Phi) is 4.96. The molecule has 33 heavy (non-hydrogen) atoms. The molecule has 1 atom stereocenters. The number of fused-ring (bicyclic) bond motifs is 2. The van der Waals surface area contributed by atoms with Crippen molar-refractivity contribution < 1.29 is 4.79 Å². The highest BCUT2D eigenvalue weighted by atomic mass is 16.2. The highest BCUT2D eigenvalue weighted by Gasteiger charge is 2.43. The molecule has 8 heteroatoms. The summed E-state index contributed by atoms with van der Waals surface area (Å²) in [5, 5.41) is 3.05. The van der Waals surface area contributed by atoms with E-state index < -0.39 is 5.41 Å². The average Bonchev–Trinajstić information content (AvgIpc) is 3.28. The zero-order valence-corrected chi connectivity index (χ0v) is 19.5. The third-order valence-corrected chi connectivity index (χ3v) is 6.34. The Bertz CT molecular complexity index is 1370. The predicted octanol–water partition coefficient (Wildman–Crippen LogP) is 4.53.